The predicted molar refractivity (Wildman–Crippen MR) is 132 cm³/mol. The molecule has 0 atom stereocenters. The van der Waals surface area contributed by atoms with Gasteiger partial charge in [0, 0.05) is 19.4 Å². The summed E-state index contributed by atoms with van der Waals surface area (Å²) in [5.41, 5.74) is 2.23. The number of aromatic nitrogens is 2. The maximum atomic E-state index is 12.7. The normalized spacial score (nSPS) is 15.4. The first kappa shape index (κ1) is 23.6. The molecule has 0 aliphatic carbocycles. The molecule has 164 valence electrons. The molecule has 0 bridgehead atoms. The lowest BCUT2D eigenvalue weighted by molar-refractivity contribution is -0.122. The molecular formula is C22H26N4O2S3. The van der Waals surface area contributed by atoms with Crippen LogP contribution < -0.4 is 5.32 Å². The van der Waals surface area contributed by atoms with Crippen molar-refractivity contribution in [2.75, 3.05) is 11.9 Å². The van der Waals surface area contributed by atoms with E-state index >= 15 is 0 Å². The van der Waals surface area contributed by atoms with Crippen molar-refractivity contribution in [2.45, 2.75) is 46.5 Å². The van der Waals surface area contributed by atoms with Gasteiger partial charge in [0.15, 0.2) is 0 Å². The quantitative estimate of drug-likeness (QED) is 0.411. The van der Waals surface area contributed by atoms with E-state index in [1.807, 2.05) is 18.2 Å². The van der Waals surface area contributed by atoms with Gasteiger partial charge in [-0.25, -0.2) is 0 Å². The summed E-state index contributed by atoms with van der Waals surface area (Å²) in [5.74, 6) is 0.257. The summed E-state index contributed by atoms with van der Waals surface area (Å²) in [7, 11) is 0. The fourth-order valence-electron chi connectivity index (χ4n) is 3.01. The summed E-state index contributed by atoms with van der Waals surface area (Å²) < 4.78 is 0.532. The molecule has 2 aromatic rings. The number of anilines is 1. The largest absolute Gasteiger partial charge is 0.301 e. The number of benzene rings is 1. The minimum Gasteiger partial charge on any atom is -0.301 e. The Bertz CT molecular complexity index is 983. The Labute approximate surface area is 196 Å². The smallest absolute Gasteiger partial charge is 0.266 e. The fourth-order valence-corrected chi connectivity index (χ4v) is 5.29. The van der Waals surface area contributed by atoms with Crippen LogP contribution in [-0.2, 0) is 22.4 Å². The van der Waals surface area contributed by atoms with E-state index in [-0.39, 0.29) is 18.2 Å². The number of rotatable bonds is 9. The van der Waals surface area contributed by atoms with Gasteiger partial charge in [-0.3, -0.25) is 14.5 Å². The van der Waals surface area contributed by atoms with E-state index in [9.17, 15) is 9.59 Å². The molecule has 0 saturated carbocycles. The number of nitrogens with one attached hydrogen (secondary N) is 1. The molecule has 6 nitrogen and oxygen atoms in total. The van der Waals surface area contributed by atoms with E-state index in [4.69, 9.17) is 12.2 Å². The third-order valence-corrected chi connectivity index (χ3v) is 6.88. The van der Waals surface area contributed by atoms with Gasteiger partial charge in [0.25, 0.3) is 5.91 Å². The lowest BCUT2D eigenvalue weighted by atomic mass is 10.1. The molecule has 2 amide bonds. The number of thioether (sulfide) groups is 1. The van der Waals surface area contributed by atoms with Crippen LogP contribution in [-0.4, -0.2) is 37.8 Å². The van der Waals surface area contributed by atoms with Crippen molar-refractivity contribution in [3.63, 3.8) is 0 Å². The van der Waals surface area contributed by atoms with Crippen LogP contribution in [0.3, 0.4) is 0 Å². The molecule has 1 aromatic carbocycles. The third kappa shape index (κ3) is 6.69. The Balaban J connectivity index is 1.49. The third-order valence-electron chi connectivity index (χ3n) is 4.64. The van der Waals surface area contributed by atoms with Crippen molar-refractivity contribution in [1.82, 2.24) is 15.1 Å². The molecule has 0 spiro atoms. The van der Waals surface area contributed by atoms with Crippen molar-refractivity contribution in [2.24, 2.45) is 5.92 Å². The molecule has 1 fully saturated rings. The lowest BCUT2D eigenvalue weighted by Crippen LogP contribution is -2.29. The van der Waals surface area contributed by atoms with Gasteiger partial charge >= 0.3 is 0 Å². The molecule has 1 saturated heterocycles. The van der Waals surface area contributed by atoms with E-state index in [1.54, 1.807) is 4.90 Å². The maximum absolute atomic E-state index is 12.7. The number of thiocarbonyl (C=S) groups is 1. The second kappa shape index (κ2) is 11.0. The summed E-state index contributed by atoms with van der Waals surface area (Å²) in [5, 5.41) is 12.3. The van der Waals surface area contributed by atoms with Gasteiger partial charge in [-0.1, -0.05) is 80.4 Å². The molecule has 2 heterocycles. The predicted octanol–water partition coefficient (Wildman–Crippen LogP) is 4.92. The van der Waals surface area contributed by atoms with Crippen LogP contribution in [0.5, 0.6) is 0 Å². The first-order valence-corrected chi connectivity index (χ1v) is 12.4. The highest BCUT2D eigenvalue weighted by Crippen LogP contribution is 2.32. The highest BCUT2D eigenvalue weighted by molar-refractivity contribution is 8.26. The first-order chi connectivity index (χ1) is 14.9. The Kier molecular flexibility index (Phi) is 8.34. The number of nitrogens with zero attached hydrogens (tertiary/aromatic N) is 3. The topological polar surface area (TPSA) is 75.2 Å². The average molecular weight is 475 g/mol. The molecule has 3 rings (SSSR count). The van der Waals surface area contributed by atoms with E-state index in [0.29, 0.717) is 33.2 Å². The number of amides is 2. The Morgan fingerprint density at radius 3 is 2.68 bits per heavy atom. The van der Waals surface area contributed by atoms with E-state index in [2.05, 4.69) is 48.4 Å². The fraction of sp³-hybridized carbons (Fsp3) is 0.409. The summed E-state index contributed by atoms with van der Waals surface area (Å²) >= 11 is 8.09. The van der Waals surface area contributed by atoms with Crippen molar-refractivity contribution < 1.29 is 9.59 Å². The van der Waals surface area contributed by atoms with Crippen LogP contribution in [0.4, 0.5) is 5.13 Å². The Morgan fingerprint density at radius 2 is 2.00 bits per heavy atom. The minimum atomic E-state index is -0.135. The van der Waals surface area contributed by atoms with Crippen molar-refractivity contribution in [1.29, 1.82) is 0 Å². The summed E-state index contributed by atoms with van der Waals surface area (Å²) in [6.45, 7) is 6.76. The van der Waals surface area contributed by atoms with Gasteiger partial charge in [0.1, 0.15) is 9.33 Å². The first-order valence-electron chi connectivity index (χ1n) is 10.3. The van der Waals surface area contributed by atoms with Crippen LogP contribution in [0, 0.1) is 5.92 Å². The second-order valence-electron chi connectivity index (χ2n) is 7.68. The second-order valence-corrected chi connectivity index (χ2v) is 10.4. The zero-order chi connectivity index (χ0) is 22.4. The number of hydrogen-bond donors (Lipinski definition) is 1. The van der Waals surface area contributed by atoms with Crippen LogP contribution in [0.15, 0.2) is 29.2 Å². The van der Waals surface area contributed by atoms with Crippen LogP contribution in [0.1, 0.15) is 49.7 Å². The highest BCUT2D eigenvalue weighted by atomic mass is 32.2. The van der Waals surface area contributed by atoms with Crippen LogP contribution >= 0.6 is 35.3 Å². The SMILES string of the molecule is CCc1ccc(/C=C2\SC(=S)N(CCCC(=O)Nc3nnc(CC(C)C)s3)C2=O)cc1. The van der Waals surface area contributed by atoms with Crippen LogP contribution in [0.25, 0.3) is 6.08 Å². The summed E-state index contributed by atoms with van der Waals surface area (Å²) in [6.07, 6.45) is 4.50. The summed E-state index contributed by atoms with van der Waals surface area (Å²) in [6, 6.07) is 8.15. The Morgan fingerprint density at radius 1 is 1.26 bits per heavy atom. The molecule has 31 heavy (non-hydrogen) atoms. The van der Waals surface area contributed by atoms with Gasteiger partial charge in [0.2, 0.25) is 11.0 Å². The number of carbonyl (C=O) groups excluding carboxylic acids is 2. The number of carbonyl (C=O) groups is 2. The molecule has 1 aromatic heterocycles. The van der Waals surface area contributed by atoms with Gasteiger partial charge in [-0.05, 0) is 36.0 Å². The van der Waals surface area contributed by atoms with E-state index in [1.165, 1.54) is 28.7 Å². The van der Waals surface area contributed by atoms with E-state index in [0.717, 1.165) is 23.4 Å². The zero-order valence-electron chi connectivity index (χ0n) is 17.9. The highest BCUT2D eigenvalue weighted by Gasteiger charge is 2.31. The zero-order valence-corrected chi connectivity index (χ0v) is 20.3. The van der Waals surface area contributed by atoms with Gasteiger partial charge in [-0.2, -0.15) is 0 Å². The van der Waals surface area contributed by atoms with Crippen molar-refractivity contribution >= 4 is 62.7 Å². The van der Waals surface area contributed by atoms with Gasteiger partial charge in [-0.15, -0.1) is 10.2 Å². The molecule has 9 heteroatoms. The molecule has 1 N–H and O–H groups in total. The monoisotopic (exact) mass is 474 g/mol. The molecule has 0 unspecified atom stereocenters. The van der Waals surface area contributed by atoms with Gasteiger partial charge < -0.3 is 5.32 Å². The molecule has 0 radical (unpaired) electrons. The van der Waals surface area contributed by atoms with Gasteiger partial charge in [0.05, 0.1) is 4.91 Å². The van der Waals surface area contributed by atoms with Crippen molar-refractivity contribution in [3.05, 3.63) is 45.3 Å². The van der Waals surface area contributed by atoms with E-state index < -0.39 is 0 Å². The van der Waals surface area contributed by atoms with Crippen LogP contribution in [0.2, 0.25) is 0 Å². The number of hydrogen-bond acceptors (Lipinski definition) is 7. The standard InChI is InChI=1S/C22H26N4O2S3/c1-4-15-7-9-16(10-8-15)13-17-20(28)26(22(29)30-17)11-5-6-18(27)23-21-25-24-19(31-21)12-14(2)3/h7-10,13-14H,4-6,11-12H2,1-3H3,(H,23,25,27)/b17-13-. The minimum absolute atomic E-state index is 0.0996. The lowest BCUT2D eigenvalue weighted by Gasteiger charge is -2.13. The Hall–Kier alpha value is -2.10. The molecular weight excluding hydrogens is 448 g/mol. The average Bonchev–Trinajstić information content (AvgIpc) is 3.26. The summed E-state index contributed by atoms with van der Waals surface area (Å²) in [4.78, 5) is 27.1. The maximum Gasteiger partial charge on any atom is 0.266 e. The molecule has 1 aliphatic heterocycles. The molecule has 1 aliphatic rings. The number of aryl methyl sites for hydroxylation is 1. The van der Waals surface area contributed by atoms with Crippen molar-refractivity contribution in [3.8, 4) is 0 Å².